The fraction of sp³-hybridized carbons (Fsp3) is 0.600. The smallest absolute Gasteiger partial charge is 0.240 e. The first-order valence-electron chi connectivity index (χ1n) is 6.98. The van der Waals surface area contributed by atoms with Crippen molar-refractivity contribution in [3.63, 3.8) is 0 Å². The molecule has 4 nitrogen and oxygen atoms in total. The van der Waals surface area contributed by atoms with Gasteiger partial charge in [-0.2, -0.15) is 0 Å². The molecule has 0 heterocycles. The van der Waals surface area contributed by atoms with E-state index in [0.717, 1.165) is 12.0 Å². The first-order valence-corrected chi connectivity index (χ1v) is 8.46. The summed E-state index contributed by atoms with van der Waals surface area (Å²) in [6.07, 6.45) is 0.792. The van der Waals surface area contributed by atoms with Crippen LogP contribution in [0.4, 0.5) is 5.69 Å². The van der Waals surface area contributed by atoms with E-state index in [4.69, 9.17) is 5.73 Å². The van der Waals surface area contributed by atoms with E-state index in [9.17, 15) is 8.42 Å². The second kappa shape index (κ2) is 6.14. The van der Waals surface area contributed by atoms with Gasteiger partial charge in [-0.3, -0.25) is 0 Å². The van der Waals surface area contributed by atoms with Gasteiger partial charge < -0.3 is 5.73 Å². The summed E-state index contributed by atoms with van der Waals surface area (Å²) in [4.78, 5) is 0.228. The minimum atomic E-state index is -3.50. The van der Waals surface area contributed by atoms with Gasteiger partial charge in [-0.15, -0.1) is 0 Å². The molecular formula is C15H26N2O2S. The third-order valence-electron chi connectivity index (χ3n) is 4.09. The number of hydrogen-bond acceptors (Lipinski definition) is 3. The standard InChI is InChI=1S/C15H26N2O2S/c1-6-12-7-8-13(9-14(12)16)20(18,19)17-10-15(4,5)11(2)3/h7-9,11,17H,6,10,16H2,1-5H3. The molecule has 20 heavy (non-hydrogen) atoms. The van der Waals surface area contributed by atoms with Crippen LogP contribution in [0, 0.1) is 11.3 Å². The normalized spacial score (nSPS) is 12.9. The monoisotopic (exact) mass is 298 g/mol. The fourth-order valence-corrected chi connectivity index (χ4v) is 2.89. The number of sulfonamides is 1. The average molecular weight is 298 g/mol. The lowest BCUT2D eigenvalue weighted by Crippen LogP contribution is -2.37. The van der Waals surface area contributed by atoms with E-state index in [1.807, 2.05) is 6.92 Å². The zero-order valence-corrected chi connectivity index (χ0v) is 13.8. The Morgan fingerprint density at radius 3 is 2.35 bits per heavy atom. The molecule has 0 bridgehead atoms. The van der Waals surface area contributed by atoms with E-state index < -0.39 is 10.0 Å². The van der Waals surface area contributed by atoms with Gasteiger partial charge >= 0.3 is 0 Å². The summed E-state index contributed by atoms with van der Waals surface area (Å²) < 4.78 is 27.3. The predicted molar refractivity (Wildman–Crippen MR) is 84.0 cm³/mol. The third kappa shape index (κ3) is 3.96. The molecule has 0 unspecified atom stereocenters. The molecule has 1 aromatic rings. The molecule has 0 fully saturated rings. The SMILES string of the molecule is CCc1ccc(S(=O)(=O)NCC(C)(C)C(C)C)cc1N. The van der Waals surface area contributed by atoms with Gasteiger partial charge in [-0.25, -0.2) is 13.1 Å². The Morgan fingerprint density at radius 2 is 1.90 bits per heavy atom. The zero-order chi connectivity index (χ0) is 15.6. The van der Waals surface area contributed by atoms with Gasteiger partial charge in [0.15, 0.2) is 0 Å². The topological polar surface area (TPSA) is 72.2 Å². The van der Waals surface area contributed by atoms with Crippen LogP contribution in [0.3, 0.4) is 0 Å². The van der Waals surface area contributed by atoms with E-state index in [-0.39, 0.29) is 10.3 Å². The quantitative estimate of drug-likeness (QED) is 0.793. The molecular weight excluding hydrogens is 272 g/mol. The molecule has 0 amide bonds. The first kappa shape index (κ1) is 17.0. The lowest BCUT2D eigenvalue weighted by atomic mass is 9.81. The van der Waals surface area contributed by atoms with Crippen LogP contribution in [-0.2, 0) is 16.4 Å². The number of rotatable bonds is 6. The van der Waals surface area contributed by atoms with Crippen LogP contribution in [0.25, 0.3) is 0 Å². The van der Waals surface area contributed by atoms with Crippen LogP contribution in [0.5, 0.6) is 0 Å². The highest BCUT2D eigenvalue weighted by Crippen LogP contribution is 2.26. The van der Waals surface area contributed by atoms with Crippen molar-refractivity contribution in [1.82, 2.24) is 4.72 Å². The number of nitrogens with two attached hydrogens (primary N) is 1. The summed E-state index contributed by atoms with van der Waals surface area (Å²) in [7, 11) is -3.50. The molecule has 0 saturated heterocycles. The number of nitrogens with one attached hydrogen (secondary N) is 1. The lowest BCUT2D eigenvalue weighted by molar-refractivity contribution is 0.252. The highest BCUT2D eigenvalue weighted by molar-refractivity contribution is 7.89. The lowest BCUT2D eigenvalue weighted by Gasteiger charge is -2.29. The molecule has 0 aliphatic heterocycles. The summed E-state index contributed by atoms with van der Waals surface area (Å²) in [6, 6.07) is 4.92. The van der Waals surface area contributed by atoms with Crippen LogP contribution in [0.1, 0.15) is 40.2 Å². The van der Waals surface area contributed by atoms with Crippen LogP contribution < -0.4 is 10.5 Å². The molecule has 0 aromatic heterocycles. The number of nitrogen functional groups attached to an aromatic ring is 1. The fourth-order valence-electron chi connectivity index (χ4n) is 1.63. The first-order chi connectivity index (χ1) is 9.10. The maximum atomic E-state index is 12.3. The Bertz CT molecular complexity index is 563. The van der Waals surface area contributed by atoms with Gasteiger partial charge in [0.2, 0.25) is 10.0 Å². The molecule has 114 valence electrons. The number of aryl methyl sites for hydroxylation is 1. The van der Waals surface area contributed by atoms with E-state index in [1.165, 1.54) is 6.07 Å². The van der Waals surface area contributed by atoms with Gasteiger partial charge in [0, 0.05) is 12.2 Å². The molecule has 3 N–H and O–H groups in total. The summed E-state index contributed by atoms with van der Waals surface area (Å²) in [5.74, 6) is 0.387. The Labute approximate surface area is 122 Å². The van der Waals surface area contributed by atoms with Crippen molar-refractivity contribution in [2.45, 2.75) is 45.9 Å². The number of hydrogen-bond donors (Lipinski definition) is 2. The summed E-state index contributed by atoms with van der Waals surface area (Å²) in [5, 5.41) is 0. The van der Waals surface area contributed by atoms with E-state index in [2.05, 4.69) is 32.4 Å². The molecule has 0 aliphatic rings. The van der Waals surface area contributed by atoms with E-state index in [0.29, 0.717) is 18.2 Å². The van der Waals surface area contributed by atoms with Gasteiger partial charge in [0.1, 0.15) is 0 Å². The van der Waals surface area contributed by atoms with Gasteiger partial charge in [0.25, 0.3) is 0 Å². The highest BCUT2D eigenvalue weighted by atomic mass is 32.2. The second-order valence-electron chi connectivity index (χ2n) is 6.18. The number of anilines is 1. The largest absolute Gasteiger partial charge is 0.398 e. The van der Waals surface area contributed by atoms with Crippen LogP contribution in [0.15, 0.2) is 23.1 Å². The maximum Gasteiger partial charge on any atom is 0.240 e. The zero-order valence-electron chi connectivity index (χ0n) is 13.0. The van der Waals surface area contributed by atoms with Crippen molar-refractivity contribution in [2.24, 2.45) is 11.3 Å². The Morgan fingerprint density at radius 1 is 1.30 bits per heavy atom. The number of benzene rings is 1. The minimum Gasteiger partial charge on any atom is -0.398 e. The third-order valence-corrected chi connectivity index (χ3v) is 5.49. The van der Waals surface area contributed by atoms with Crippen molar-refractivity contribution in [3.05, 3.63) is 23.8 Å². The van der Waals surface area contributed by atoms with Crippen molar-refractivity contribution in [1.29, 1.82) is 0 Å². The maximum absolute atomic E-state index is 12.3. The molecule has 5 heteroatoms. The summed E-state index contributed by atoms with van der Waals surface area (Å²) in [6.45, 7) is 10.7. The van der Waals surface area contributed by atoms with Crippen LogP contribution in [-0.4, -0.2) is 15.0 Å². The molecule has 0 spiro atoms. The van der Waals surface area contributed by atoms with Crippen LogP contribution in [0.2, 0.25) is 0 Å². The van der Waals surface area contributed by atoms with Gasteiger partial charge in [-0.05, 0) is 35.4 Å². The van der Waals surface area contributed by atoms with Crippen molar-refractivity contribution in [2.75, 3.05) is 12.3 Å². The molecule has 1 aromatic carbocycles. The van der Waals surface area contributed by atoms with Crippen molar-refractivity contribution < 1.29 is 8.42 Å². The molecule has 0 saturated carbocycles. The molecule has 0 atom stereocenters. The molecule has 0 radical (unpaired) electrons. The van der Waals surface area contributed by atoms with Gasteiger partial charge in [-0.1, -0.05) is 40.7 Å². The second-order valence-corrected chi connectivity index (χ2v) is 7.95. The Kier molecular flexibility index (Phi) is 5.21. The van der Waals surface area contributed by atoms with Gasteiger partial charge in [0.05, 0.1) is 4.90 Å². The molecule has 1 rings (SSSR count). The van der Waals surface area contributed by atoms with E-state index >= 15 is 0 Å². The Hall–Kier alpha value is -1.07. The average Bonchev–Trinajstić information content (AvgIpc) is 2.36. The predicted octanol–water partition coefficient (Wildman–Crippen LogP) is 2.79. The summed E-state index contributed by atoms with van der Waals surface area (Å²) >= 11 is 0. The minimum absolute atomic E-state index is 0.0953. The van der Waals surface area contributed by atoms with Crippen LogP contribution >= 0.6 is 0 Å². The van der Waals surface area contributed by atoms with Crippen molar-refractivity contribution in [3.8, 4) is 0 Å². The van der Waals surface area contributed by atoms with Crippen molar-refractivity contribution >= 4 is 15.7 Å². The summed E-state index contributed by atoms with van der Waals surface area (Å²) in [5.41, 5.74) is 7.26. The van der Waals surface area contributed by atoms with E-state index in [1.54, 1.807) is 12.1 Å². The highest BCUT2D eigenvalue weighted by Gasteiger charge is 2.25. The Balaban J connectivity index is 2.92. The molecule has 0 aliphatic carbocycles.